The highest BCUT2D eigenvalue weighted by molar-refractivity contribution is 5.72. The molecule has 4 N–H and O–H groups in total. The van der Waals surface area contributed by atoms with Crippen molar-refractivity contribution in [2.45, 2.75) is 77.0 Å². The predicted molar refractivity (Wildman–Crippen MR) is 92.9 cm³/mol. The minimum absolute atomic E-state index is 0.135. The Hall–Kier alpha value is -2.12. The van der Waals surface area contributed by atoms with Gasteiger partial charge in [-0.1, -0.05) is 38.5 Å². The van der Waals surface area contributed by atoms with Gasteiger partial charge in [0.1, 0.15) is 0 Å². The molecule has 0 aromatic carbocycles. The summed E-state index contributed by atoms with van der Waals surface area (Å²) in [7, 11) is 0. The Morgan fingerprint density at radius 3 is 1.08 bits per heavy atom. The van der Waals surface area contributed by atoms with E-state index in [1.54, 1.807) is 0 Å². The fraction of sp³-hybridized carbons (Fsp3) is 0.778. The Kier molecular flexibility index (Phi) is 12.9. The molecule has 0 aromatic heterocycles. The summed E-state index contributed by atoms with van der Waals surface area (Å²) in [5.41, 5.74) is 0. The second kappa shape index (κ2) is 14.1. The first-order chi connectivity index (χ1) is 12.2. The number of unbranched alkanes of at least 4 members (excludes halogenated alkanes) is 5. The summed E-state index contributed by atoms with van der Waals surface area (Å²) in [5.74, 6) is -5.11. The Bertz CT molecular complexity index is 418. The SMILES string of the molecule is O=C(O)CCC(CCCCCCCCC(CCC(=O)O)C(=O)O)C(=O)O. The van der Waals surface area contributed by atoms with Crippen molar-refractivity contribution in [1.29, 1.82) is 0 Å². The number of carboxylic acid groups (broad SMARTS) is 4. The minimum Gasteiger partial charge on any atom is -0.481 e. The van der Waals surface area contributed by atoms with Gasteiger partial charge < -0.3 is 20.4 Å². The van der Waals surface area contributed by atoms with E-state index in [1.807, 2.05) is 0 Å². The molecule has 2 unspecified atom stereocenters. The Morgan fingerprint density at radius 2 is 0.808 bits per heavy atom. The molecular formula is C18H30O8. The second-order valence-corrected chi connectivity index (χ2v) is 6.63. The molecule has 0 bridgehead atoms. The van der Waals surface area contributed by atoms with Crippen LogP contribution in [0.15, 0.2) is 0 Å². The lowest BCUT2D eigenvalue weighted by Gasteiger charge is -2.11. The Labute approximate surface area is 153 Å². The summed E-state index contributed by atoms with van der Waals surface area (Å²) >= 11 is 0. The van der Waals surface area contributed by atoms with Gasteiger partial charge in [-0.25, -0.2) is 0 Å². The first kappa shape index (κ1) is 23.9. The molecule has 0 fully saturated rings. The predicted octanol–water partition coefficient (Wildman–Crippen LogP) is 3.24. The molecule has 0 rings (SSSR count). The van der Waals surface area contributed by atoms with Crippen LogP contribution in [0, 0.1) is 11.8 Å². The number of aliphatic carboxylic acids is 4. The molecular weight excluding hydrogens is 344 g/mol. The molecule has 0 saturated carbocycles. The fourth-order valence-electron chi connectivity index (χ4n) is 2.87. The summed E-state index contributed by atoms with van der Waals surface area (Å²) < 4.78 is 0. The number of carbonyl (C=O) groups is 4. The quantitative estimate of drug-likeness (QED) is 0.283. The van der Waals surface area contributed by atoms with Crippen LogP contribution in [0.1, 0.15) is 77.0 Å². The van der Waals surface area contributed by atoms with E-state index >= 15 is 0 Å². The first-order valence-corrected chi connectivity index (χ1v) is 9.13. The third kappa shape index (κ3) is 13.2. The molecule has 2 atom stereocenters. The standard InChI is InChI=1S/C18H30O8/c19-15(20)11-9-13(17(23)24)7-5-3-1-2-4-6-8-14(18(25)26)10-12-16(21)22/h13-14H,1-12H2,(H,19,20)(H,21,22)(H,23,24)(H,25,26). The van der Waals surface area contributed by atoms with Crippen LogP contribution >= 0.6 is 0 Å². The molecule has 0 aromatic rings. The average molecular weight is 374 g/mol. The summed E-state index contributed by atoms with van der Waals surface area (Å²) in [5, 5.41) is 35.3. The van der Waals surface area contributed by atoms with Crippen molar-refractivity contribution in [3.63, 3.8) is 0 Å². The normalized spacial score (nSPS) is 13.1. The van der Waals surface area contributed by atoms with Gasteiger partial charge in [-0.15, -0.1) is 0 Å². The molecule has 0 amide bonds. The molecule has 0 saturated heterocycles. The van der Waals surface area contributed by atoms with Crippen LogP contribution in [-0.4, -0.2) is 44.3 Å². The van der Waals surface area contributed by atoms with Crippen molar-refractivity contribution in [2.75, 3.05) is 0 Å². The number of rotatable bonds is 17. The Balaban J connectivity index is 3.78. The van der Waals surface area contributed by atoms with Gasteiger partial charge >= 0.3 is 23.9 Å². The molecule has 26 heavy (non-hydrogen) atoms. The van der Waals surface area contributed by atoms with Gasteiger partial charge in [0.2, 0.25) is 0 Å². The lowest BCUT2D eigenvalue weighted by Crippen LogP contribution is -2.15. The highest BCUT2D eigenvalue weighted by Crippen LogP contribution is 2.19. The van der Waals surface area contributed by atoms with E-state index in [1.165, 1.54) is 0 Å². The molecule has 150 valence electrons. The van der Waals surface area contributed by atoms with E-state index < -0.39 is 35.7 Å². The molecule has 0 aliphatic heterocycles. The Morgan fingerprint density at radius 1 is 0.500 bits per heavy atom. The third-order valence-corrected chi connectivity index (χ3v) is 4.47. The van der Waals surface area contributed by atoms with E-state index in [0.717, 1.165) is 38.5 Å². The monoisotopic (exact) mass is 374 g/mol. The largest absolute Gasteiger partial charge is 0.481 e. The summed E-state index contributed by atoms with van der Waals surface area (Å²) in [6.45, 7) is 0. The number of carboxylic acids is 4. The summed E-state index contributed by atoms with van der Waals surface area (Å²) in [4.78, 5) is 43.1. The van der Waals surface area contributed by atoms with Crippen molar-refractivity contribution in [3.8, 4) is 0 Å². The van der Waals surface area contributed by atoms with E-state index in [4.69, 9.17) is 20.4 Å². The van der Waals surface area contributed by atoms with Crippen molar-refractivity contribution < 1.29 is 39.6 Å². The van der Waals surface area contributed by atoms with Crippen molar-refractivity contribution >= 4 is 23.9 Å². The van der Waals surface area contributed by atoms with Gasteiger partial charge in [-0.05, 0) is 25.7 Å². The summed E-state index contributed by atoms with van der Waals surface area (Å²) in [6.07, 6.45) is 5.98. The van der Waals surface area contributed by atoms with Gasteiger partial charge in [0.25, 0.3) is 0 Å². The second-order valence-electron chi connectivity index (χ2n) is 6.63. The highest BCUT2D eigenvalue weighted by atomic mass is 16.4. The molecule has 8 nitrogen and oxygen atoms in total. The van der Waals surface area contributed by atoms with Crippen LogP contribution in [-0.2, 0) is 19.2 Å². The molecule has 0 radical (unpaired) electrons. The van der Waals surface area contributed by atoms with Crippen LogP contribution < -0.4 is 0 Å². The van der Waals surface area contributed by atoms with Gasteiger partial charge in [-0.3, -0.25) is 19.2 Å². The lowest BCUT2D eigenvalue weighted by atomic mass is 9.94. The molecule has 8 heteroatoms. The van der Waals surface area contributed by atoms with E-state index in [-0.39, 0.29) is 25.7 Å². The maximum absolute atomic E-state index is 11.1. The van der Waals surface area contributed by atoms with Gasteiger partial charge in [0.15, 0.2) is 0 Å². The maximum Gasteiger partial charge on any atom is 0.306 e. The average Bonchev–Trinajstić information content (AvgIpc) is 2.54. The van der Waals surface area contributed by atoms with Crippen LogP contribution in [0.2, 0.25) is 0 Å². The van der Waals surface area contributed by atoms with Crippen LogP contribution in [0.4, 0.5) is 0 Å². The number of hydrogen-bond donors (Lipinski definition) is 4. The van der Waals surface area contributed by atoms with Crippen molar-refractivity contribution in [3.05, 3.63) is 0 Å². The van der Waals surface area contributed by atoms with E-state index in [9.17, 15) is 19.2 Å². The first-order valence-electron chi connectivity index (χ1n) is 9.13. The van der Waals surface area contributed by atoms with Gasteiger partial charge in [0.05, 0.1) is 11.8 Å². The van der Waals surface area contributed by atoms with Gasteiger partial charge in [-0.2, -0.15) is 0 Å². The van der Waals surface area contributed by atoms with Crippen LogP contribution in [0.3, 0.4) is 0 Å². The van der Waals surface area contributed by atoms with Crippen molar-refractivity contribution in [2.24, 2.45) is 11.8 Å². The topological polar surface area (TPSA) is 149 Å². The molecule has 0 aliphatic rings. The fourth-order valence-corrected chi connectivity index (χ4v) is 2.87. The zero-order valence-corrected chi connectivity index (χ0v) is 15.1. The number of hydrogen-bond acceptors (Lipinski definition) is 4. The molecule has 0 heterocycles. The summed E-state index contributed by atoms with van der Waals surface area (Å²) in [6, 6.07) is 0. The smallest absolute Gasteiger partial charge is 0.306 e. The maximum atomic E-state index is 11.1. The minimum atomic E-state index is -0.987. The molecule has 0 spiro atoms. The van der Waals surface area contributed by atoms with Crippen LogP contribution in [0.5, 0.6) is 0 Å². The van der Waals surface area contributed by atoms with Gasteiger partial charge in [0, 0.05) is 12.8 Å². The van der Waals surface area contributed by atoms with E-state index in [0.29, 0.717) is 12.8 Å². The lowest BCUT2D eigenvalue weighted by molar-refractivity contribution is -0.145. The zero-order valence-electron chi connectivity index (χ0n) is 15.1. The van der Waals surface area contributed by atoms with E-state index in [2.05, 4.69) is 0 Å². The molecule has 0 aliphatic carbocycles. The highest BCUT2D eigenvalue weighted by Gasteiger charge is 2.19. The van der Waals surface area contributed by atoms with Crippen LogP contribution in [0.25, 0.3) is 0 Å². The van der Waals surface area contributed by atoms with Crippen molar-refractivity contribution in [1.82, 2.24) is 0 Å². The zero-order chi connectivity index (χ0) is 19.9. The third-order valence-electron chi connectivity index (χ3n) is 4.47.